The molecule has 1 heterocycles. The summed E-state index contributed by atoms with van der Waals surface area (Å²) in [6.07, 6.45) is 2.15. The van der Waals surface area contributed by atoms with Crippen molar-refractivity contribution >= 4 is 23.2 Å². The summed E-state index contributed by atoms with van der Waals surface area (Å²) in [6.45, 7) is 0. The lowest BCUT2D eigenvalue weighted by molar-refractivity contribution is 0.570. The zero-order valence-electron chi connectivity index (χ0n) is 10.3. The first-order valence-corrected chi connectivity index (χ1v) is 6.58. The number of nitrogens with one attached hydrogen (secondary N) is 1. The summed E-state index contributed by atoms with van der Waals surface area (Å²) in [5.41, 5.74) is 1.59. The molecule has 1 aromatic carbocycles. The fraction of sp³-hybridized carbons (Fsp3) is 0.214. The molecule has 0 fully saturated rings. The fourth-order valence-electron chi connectivity index (χ4n) is 1.92. The van der Waals surface area contributed by atoms with Crippen LogP contribution in [-0.2, 0) is 6.42 Å². The second-order valence-corrected chi connectivity index (χ2v) is 5.04. The van der Waals surface area contributed by atoms with Gasteiger partial charge in [0.15, 0.2) is 0 Å². The molecule has 0 aliphatic heterocycles. The highest BCUT2D eigenvalue weighted by Crippen LogP contribution is 2.26. The van der Waals surface area contributed by atoms with Crippen LogP contribution < -0.4 is 5.32 Å². The lowest BCUT2D eigenvalue weighted by atomic mass is 10.0. The van der Waals surface area contributed by atoms with Gasteiger partial charge in [0.25, 0.3) is 0 Å². The zero-order chi connectivity index (χ0) is 13.8. The minimum absolute atomic E-state index is 0.0911. The van der Waals surface area contributed by atoms with Crippen molar-refractivity contribution in [3.05, 3.63) is 63.6 Å². The molecule has 2 aromatic rings. The molecule has 0 amide bonds. The van der Waals surface area contributed by atoms with Crippen LogP contribution in [0.3, 0.4) is 0 Å². The Bertz CT molecular complexity index is 575. The van der Waals surface area contributed by atoms with Gasteiger partial charge in [-0.2, -0.15) is 0 Å². The molecular formula is C14H13Cl2FN2. The van der Waals surface area contributed by atoms with Crippen LogP contribution in [0.15, 0.2) is 36.5 Å². The molecule has 2 rings (SSSR count). The van der Waals surface area contributed by atoms with Crippen LogP contribution in [0, 0.1) is 5.82 Å². The monoisotopic (exact) mass is 298 g/mol. The maximum Gasteiger partial charge on any atom is 0.123 e. The predicted octanol–water partition coefficient (Wildman–Crippen LogP) is 4.03. The van der Waals surface area contributed by atoms with Crippen molar-refractivity contribution in [1.82, 2.24) is 10.3 Å². The number of rotatable bonds is 4. The zero-order valence-corrected chi connectivity index (χ0v) is 11.8. The first kappa shape index (κ1) is 14.3. The minimum Gasteiger partial charge on any atom is -0.311 e. The molecule has 0 saturated carbocycles. The van der Waals surface area contributed by atoms with Crippen LogP contribution >= 0.6 is 23.2 Å². The van der Waals surface area contributed by atoms with E-state index in [0.29, 0.717) is 22.2 Å². The van der Waals surface area contributed by atoms with Crippen molar-refractivity contribution in [1.29, 1.82) is 0 Å². The van der Waals surface area contributed by atoms with E-state index in [9.17, 15) is 4.39 Å². The quantitative estimate of drug-likeness (QED) is 0.922. The number of hydrogen-bond donors (Lipinski definition) is 1. The first-order valence-electron chi connectivity index (χ1n) is 5.83. The third-order valence-corrected chi connectivity index (χ3v) is 3.35. The summed E-state index contributed by atoms with van der Waals surface area (Å²) in [5, 5.41) is 4.13. The van der Waals surface area contributed by atoms with Crippen molar-refractivity contribution in [3.63, 3.8) is 0 Å². The normalized spacial score (nSPS) is 12.4. The number of halogens is 3. The number of benzene rings is 1. The lowest BCUT2D eigenvalue weighted by Gasteiger charge is -2.17. The van der Waals surface area contributed by atoms with Gasteiger partial charge in [0.1, 0.15) is 5.82 Å². The van der Waals surface area contributed by atoms with E-state index in [1.807, 2.05) is 13.1 Å². The Labute approximate surface area is 121 Å². The smallest absolute Gasteiger partial charge is 0.123 e. The topological polar surface area (TPSA) is 24.9 Å². The summed E-state index contributed by atoms with van der Waals surface area (Å²) in [4.78, 5) is 4.25. The van der Waals surface area contributed by atoms with Crippen LogP contribution in [0.2, 0.25) is 10.0 Å². The van der Waals surface area contributed by atoms with Crippen LogP contribution in [-0.4, -0.2) is 12.0 Å². The Hall–Kier alpha value is -1.16. The van der Waals surface area contributed by atoms with Crippen molar-refractivity contribution < 1.29 is 4.39 Å². The molecule has 0 radical (unpaired) electrons. The highest BCUT2D eigenvalue weighted by Gasteiger charge is 2.15. The molecule has 0 spiro atoms. The van der Waals surface area contributed by atoms with Crippen LogP contribution in [0.4, 0.5) is 4.39 Å². The average Bonchev–Trinajstić information content (AvgIpc) is 2.37. The number of nitrogens with zero attached hydrogens (tertiary/aromatic N) is 1. The van der Waals surface area contributed by atoms with Gasteiger partial charge in [0.2, 0.25) is 0 Å². The van der Waals surface area contributed by atoms with Crippen molar-refractivity contribution in [2.45, 2.75) is 12.5 Å². The highest BCUT2D eigenvalue weighted by molar-refractivity contribution is 6.34. The van der Waals surface area contributed by atoms with Gasteiger partial charge < -0.3 is 5.32 Å². The number of likely N-dealkylation sites (N-methyl/N-ethyl adjacent to an activating group) is 1. The standard InChI is InChI=1S/C14H13Cl2FN2/c1-18-13(6-9-3-2-4-11(17)5-9)14-12(16)7-10(15)8-19-14/h2-5,7-8,13,18H,6H2,1H3. The third kappa shape index (κ3) is 3.66. The van der Waals surface area contributed by atoms with E-state index in [0.717, 1.165) is 5.56 Å². The minimum atomic E-state index is -0.248. The van der Waals surface area contributed by atoms with Crippen LogP contribution in [0.25, 0.3) is 0 Å². The summed E-state index contributed by atoms with van der Waals surface area (Å²) in [7, 11) is 1.82. The molecule has 1 aromatic heterocycles. The number of aromatic nitrogens is 1. The van der Waals surface area contributed by atoms with Gasteiger partial charge in [-0.1, -0.05) is 35.3 Å². The Morgan fingerprint density at radius 3 is 2.74 bits per heavy atom. The Morgan fingerprint density at radius 2 is 2.11 bits per heavy atom. The van der Waals surface area contributed by atoms with Gasteiger partial charge in [0, 0.05) is 6.20 Å². The fourth-order valence-corrected chi connectivity index (χ4v) is 2.43. The van der Waals surface area contributed by atoms with E-state index in [2.05, 4.69) is 10.3 Å². The van der Waals surface area contributed by atoms with Crippen LogP contribution in [0.5, 0.6) is 0 Å². The molecule has 0 aliphatic carbocycles. The average molecular weight is 299 g/mol. The number of pyridine rings is 1. The van der Waals surface area contributed by atoms with Gasteiger partial charge in [-0.3, -0.25) is 4.98 Å². The van der Waals surface area contributed by atoms with E-state index in [-0.39, 0.29) is 11.9 Å². The maximum absolute atomic E-state index is 13.2. The van der Waals surface area contributed by atoms with Crippen molar-refractivity contribution in [3.8, 4) is 0 Å². The molecule has 0 bridgehead atoms. The maximum atomic E-state index is 13.2. The molecule has 19 heavy (non-hydrogen) atoms. The summed E-state index contributed by atoms with van der Waals surface area (Å²) in [6, 6.07) is 8.05. The van der Waals surface area contributed by atoms with Crippen molar-refractivity contribution in [2.75, 3.05) is 7.05 Å². The van der Waals surface area contributed by atoms with E-state index in [4.69, 9.17) is 23.2 Å². The molecule has 2 nitrogen and oxygen atoms in total. The van der Waals surface area contributed by atoms with E-state index in [1.54, 1.807) is 18.3 Å². The van der Waals surface area contributed by atoms with Crippen LogP contribution in [0.1, 0.15) is 17.3 Å². The molecule has 5 heteroatoms. The second-order valence-electron chi connectivity index (χ2n) is 4.20. The van der Waals surface area contributed by atoms with Gasteiger partial charge >= 0.3 is 0 Å². The summed E-state index contributed by atoms with van der Waals surface area (Å²) < 4.78 is 13.2. The van der Waals surface area contributed by atoms with Gasteiger partial charge in [0.05, 0.1) is 21.8 Å². The summed E-state index contributed by atoms with van der Waals surface area (Å²) >= 11 is 12.0. The third-order valence-electron chi connectivity index (χ3n) is 2.84. The molecule has 0 aliphatic rings. The molecule has 100 valence electrons. The first-order chi connectivity index (χ1) is 9.10. The van der Waals surface area contributed by atoms with Crippen molar-refractivity contribution in [2.24, 2.45) is 0 Å². The molecular weight excluding hydrogens is 286 g/mol. The van der Waals surface area contributed by atoms with E-state index < -0.39 is 0 Å². The van der Waals surface area contributed by atoms with E-state index in [1.165, 1.54) is 12.1 Å². The van der Waals surface area contributed by atoms with E-state index >= 15 is 0 Å². The SMILES string of the molecule is CNC(Cc1cccc(F)c1)c1ncc(Cl)cc1Cl. The highest BCUT2D eigenvalue weighted by atomic mass is 35.5. The number of hydrogen-bond acceptors (Lipinski definition) is 2. The predicted molar refractivity (Wildman–Crippen MR) is 76.2 cm³/mol. The Kier molecular flexibility index (Phi) is 4.75. The lowest BCUT2D eigenvalue weighted by Crippen LogP contribution is -2.20. The van der Waals surface area contributed by atoms with Gasteiger partial charge in [-0.25, -0.2) is 4.39 Å². The molecule has 1 atom stereocenters. The molecule has 0 saturated heterocycles. The van der Waals surface area contributed by atoms with Gasteiger partial charge in [-0.15, -0.1) is 0 Å². The Morgan fingerprint density at radius 1 is 1.32 bits per heavy atom. The molecule has 1 N–H and O–H groups in total. The summed E-state index contributed by atoms with van der Waals surface area (Å²) in [5.74, 6) is -0.248. The van der Waals surface area contributed by atoms with Gasteiger partial charge in [-0.05, 0) is 37.2 Å². The largest absolute Gasteiger partial charge is 0.311 e. The molecule has 1 unspecified atom stereocenters. The Balaban J connectivity index is 2.25. The second kappa shape index (κ2) is 6.33.